The van der Waals surface area contributed by atoms with Crippen molar-refractivity contribution >= 4 is 6.16 Å². The zero-order valence-electron chi connectivity index (χ0n) is 9.59. The lowest BCUT2D eigenvalue weighted by molar-refractivity contribution is 0.0223. The third-order valence-electron chi connectivity index (χ3n) is 2.55. The minimum atomic E-state index is -0.739. The van der Waals surface area contributed by atoms with E-state index >= 15 is 0 Å². The smallest absolute Gasteiger partial charge is 0.438 e. The van der Waals surface area contributed by atoms with Crippen molar-refractivity contribution in [2.45, 2.75) is 37.6 Å². The van der Waals surface area contributed by atoms with Crippen LogP contribution in [0.25, 0.3) is 0 Å². The van der Waals surface area contributed by atoms with E-state index in [-0.39, 0.29) is 6.10 Å². The topological polar surface area (TPSA) is 65.0 Å². The van der Waals surface area contributed by atoms with Gasteiger partial charge in [0.2, 0.25) is 0 Å². The quantitative estimate of drug-likeness (QED) is 0.571. The summed E-state index contributed by atoms with van der Waals surface area (Å²) in [5.74, 6) is 0. The van der Waals surface area contributed by atoms with Gasteiger partial charge in [-0.3, -0.25) is 0 Å². The summed E-state index contributed by atoms with van der Waals surface area (Å²) < 4.78 is 14.6. The van der Waals surface area contributed by atoms with Crippen LogP contribution in [0.15, 0.2) is 12.2 Å². The van der Waals surface area contributed by atoms with Gasteiger partial charge >= 0.3 is 6.16 Å². The van der Waals surface area contributed by atoms with Crippen LogP contribution in [0.5, 0.6) is 0 Å². The molecular formula is C11H18O5. The van der Waals surface area contributed by atoms with E-state index < -0.39 is 18.4 Å². The van der Waals surface area contributed by atoms with Crippen molar-refractivity contribution in [3.8, 4) is 0 Å². The molecule has 0 heterocycles. The lowest BCUT2D eigenvalue weighted by Gasteiger charge is -2.22. The second kappa shape index (κ2) is 6.50. The van der Waals surface area contributed by atoms with Crippen LogP contribution in [-0.2, 0) is 14.2 Å². The zero-order chi connectivity index (χ0) is 12.0. The monoisotopic (exact) mass is 230 g/mol. The molecule has 16 heavy (non-hydrogen) atoms. The number of hydrogen-bond donors (Lipinski definition) is 1. The van der Waals surface area contributed by atoms with E-state index in [1.807, 2.05) is 6.08 Å². The van der Waals surface area contributed by atoms with Gasteiger partial charge in [-0.1, -0.05) is 6.08 Å². The molecule has 0 saturated carbocycles. The van der Waals surface area contributed by atoms with E-state index in [9.17, 15) is 9.90 Å². The fourth-order valence-corrected chi connectivity index (χ4v) is 1.62. The Bertz CT molecular complexity index is 251. The van der Waals surface area contributed by atoms with Gasteiger partial charge in [-0.25, -0.2) is 4.79 Å². The molecule has 0 amide bonds. The number of methoxy groups -OCH3 is 2. The highest BCUT2D eigenvalue weighted by molar-refractivity contribution is 5.60. The maximum Gasteiger partial charge on any atom is 0.508 e. The predicted molar refractivity (Wildman–Crippen MR) is 57.1 cm³/mol. The Balaban J connectivity index is 2.59. The Hall–Kier alpha value is -1.07. The Morgan fingerprint density at radius 2 is 1.94 bits per heavy atom. The van der Waals surface area contributed by atoms with Crippen LogP contribution < -0.4 is 0 Å². The van der Waals surface area contributed by atoms with Crippen LogP contribution in [-0.4, -0.2) is 43.8 Å². The molecule has 92 valence electrons. The van der Waals surface area contributed by atoms with Gasteiger partial charge in [0, 0.05) is 13.5 Å². The predicted octanol–water partition coefficient (Wildman–Crippen LogP) is 1.25. The number of carbonyl (C=O) groups excluding carboxylic acids is 1. The molecule has 0 bridgehead atoms. The van der Waals surface area contributed by atoms with E-state index in [2.05, 4.69) is 4.74 Å². The SMILES string of the molecule is COC(=O)OC1/C=C/C(OC)CCC(O)C1. The Morgan fingerprint density at radius 1 is 1.25 bits per heavy atom. The molecule has 5 nitrogen and oxygen atoms in total. The molecule has 0 aromatic carbocycles. The van der Waals surface area contributed by atoms with Crippen molar-refractivity contribution in [2.75, 3.05) is 14.2 Å². The first-order valence-corrected chi connectivity index (χ1v) is 5.29. The molecule has 5 heteroatoms. The molecule has 1 N–H and O–H groups in total. The summed E-state index contributed by atoms with van der Waals surface area (Å²) in [6.45, 7) is 0. The second-order valence-electron chi connectivity index (χ2n) is 3.74. The summed E-state index contributed by atoms with van der Waals surface area (Å²) >= 11 is 0. The average molecular weight is 230 g/mol. The van der Waals surface area contributed by atoms with Crippen LogP contribution in [0.1, 0.15) is 19.3 Å². The third-order valence-corrected chi connectivity index (χ3v) is 2.55. The lowest BCUT2D eigenvalue weighted by atomic mass is 10.00. The van der Waals surface area contributed by atoms with E-state index in [1.54, 1.807) is 13.2 Å². The van der Waals surface area contributed by atoms with Gasteiger partial charge in [0.25, 0.3) is 0 Å². The van der Waals surface area contributed by atoms with Crippen molar-refractivity contribution in [1.29, 1.82) is 0 Å². The molecular weight excluding hydrogens is 212 g/mol. The molecule has 1 aliphatic carbocycles. The minimum absolute atomic E-state index is 0.0429. The number of ether oxygens (including phenoxy) is 3. The maximum absolute atomic E-state index is 10.9. The molecule has 3 atom stereocenters. The molecule has 1 rings (SSSR count). The van der Waals surface area contributed by atoms with Gasteiger partial charge in [0.15, 0.2) is 0 Å². The summed E-state index contributed by atoms with van der Waals surface area (Å²) in [4.78, 5) is 10.9. The van der Waals surface area contributed by atoms with Gasteiger partial charge < -0.3 is 19.3 Å². The van der Waals surface area contributed by atoms with Crippen LogP contribution in [0.4, 0.5) is 4.79 Å². The van der Waals surface area contributed by atoms with Gasteiger partial charge in [0.05, 0.1) is 19.3 Å². The Morgan fingerprint density at radius 3 is 2.56 bits per heavy atom. The van der Waals surface area contributed by atoms with Crippen molar-refractivity contribution < 1.29 is 24.1 Å². The van der Waals surface area contributed by atoms with Gasteiger partial charge in [-0.2, -0.15) is 0 Å². The highest BCUT2D eigenvalue weighted by atomic mass is 16.7. The van der Waals surface area contributed by atoms with E-state index in [1.165, 1.54) is 7.11 Å². The first-order valence-electron chi connectivity index (χ1n) is 5.29. The summed E-state index contributed by atoms with van der Waals surface area (Å²) in [6, 6.07) is 0. The standard InChI is InChI=1S/C11H18O5/c1-14-9-4-3-8(12)7-10(6-5-9)16-11(13)15-2/h5-6,8-10,12H,3-4,7H2,1-2H3/b6-5+. The summed E-state index contributed by atoms with van der Waals surface area (Å²) in [6.07, 6.45) is 3.63. The number of aliphatic hydroxyl groups excluding tert-OH is 1. The molecule has 3 unspecified atom stereocenters. The Kier molecular flexibility index (Phi) is 5.28. The fourth-order valence-electron chi connectivity index (χ4n) is 1.62. The van der Waals surface area contributed by atoms with Crippen molar-refractivity contribution in [1.82, 2.24) is 0 Å². The first-order chi connectivity index (χ1) is 7.65. The Labute approximate surface area is 95.0 Å². The normalized spacial score (nSPS) is 32.3. The minimum Gasteiger partial charge on any atom is -0.438 e. The molecule has 1 aliphatic rings. The summed E-state index contributed by atoms with van der Waals surface area (Å²) in [5, 5.41) is 9.66. The van der Waals surface area contributed by atoms with E-state index in [0.29, 0.717) is 12.8 Å². The van der Waals surface area contributed by atoms with Gasteiger partial charge in [-0.15, -0.1) is 0 Å². The van der Waals surface area contributed by atoms with Crippen LogP contribution >= 0.6 is 0 Å². The van der Waals surface area contributed by atoms with Crippen molar-refractivity contribution in [2.24, 2.45) is 0 Å². The summed E-state index contributed by atoms with van der Waals surface area (Å²) in [5.41, 5.74) is 0. The molecule has 0 radical (unpaired) electrons. The molecule has 0 fully saturated rings. The van der Waals surface area contributed by atoms with E-state index in [0.717, 1.165) is 6.42 Å². The van der Waals surface area contributed by atoms with Gasteiger partial charge in [-0.05, 0) is 18.9 Å². The highest BCUT2D eigenvalue weighted by Crippen LogP contribution is 2.17. The number of carbonyl (C=O) groups is 1. The highest BCUT2D eigenvalue weighted by Gasteiger charge is 2.20. The van der Waals surface area contributed by atoms with Gasteiger partial charge in [0.1, 0.15) is 6.10 Å². The molecule has 0 saturated heterocycles. The first kappa shape index (κ1) is 13.0. The number of aliphatic hydroxyl groups is 1. The largest absolute Gasteiger partial charge is 0.508 e. The van der Waals surface area contributed by atoms with E-state index in [4.69, 9.17) is 9.47 Å². The second-order valence-corrected chi connectivity index (χ2v) is 3.74. The third kappa shape index (κ3) is 4.20. The maximum atomic E-state index is 10.9. The molecule has 0 spiro atoms. The molecule has 0 aliphatic heterocycles. The van der Waals surface area contributed by atoms with Crippen molar-refractivity contribution in [3.63, 3.8) is 0 Å². The molecule has 0 aromatic heterocycles. The van der Waals surface area contributed by atoms with Crippen molar-refractivity contribution in [3.05, 3.63) is 12.2 Å². The van der Waals surface area contributed by atoms with Crippen LogP contribution in [0, 0.1) is 0 Å². The fraction of sp³-hybridized carbons (Fsp3) is 0.727. The zero-order valence-corrected chi connectivity index (χ0v) is 9.59. The molecule has 0 aromatic rings. The lowest BCUT2D eigenvalue weighted by Crippen LogP contribution is -2.26. The van der Waals surface area contributed by atoms with Crippen LogP contribution in [0.3, 0.4) is 0 Å². The number of rotatable bonds is 2. The number of hydrogen-bond acceptors (Lipinski definition) is 5. The average Bonchev–Trinajstić information content (AvgIpc) is 2.26. The van der Waals surface area contributed by atoms with Crippen LogP contribution in [0.2, 0.25) is 0 Å². The summed E-state index contributed by atoms with van der Waals surface area (Å²) in [7, 11) is 2.86.